The number of hydrogen-bond donors (Lipinski definition) is 1. The predicted octanol–water partition coefficient (Wildman–Crippen LogP) is 3.49. The molecule has 1 aromatic heterocycles. The molecule has 3 heteroatoms. The van der Waals surface area contributed by atoms with Crippen LogP contribution >= 0.6 is 11.3 Å². The molecule has 2 aliphatic rings. The Morgan fingerprint density at radius 1 is 1.29 bits per heavy atom. The van der Waals surface area contributed by atoms with Crippen LogP contribution in [-0.4, -0.2) is 11.5 Å². The number of nitrogens with two attached hydrogens (primary N) is 1. The summed E-state index contributed by atoms with van der Waals surface area (Å²) in [6, 6.07) is 0. The Kier molecular flexibility index (Phi) is 2.99. The van der Waals surface area contributed by atoms with Crippen molar-refractivity contribution in [3.05, 3.63) is 15.6 Å². The van der Waals surface area contributed by atoms with Crippen molar-refractivity contribution in [2.75, 3.05) is 6.54 Å². The fourth-order valence-electron chi connectivity index (χ4n) is 3.05. The zero-order chi connectivity index (χ0) is 11.9. The highest BCUT2D eigenvalue weighted by Gasteiger charge is 2.46. The van der Waals surface area contributed by atoms with Crippen molar-refractivity contribution in [2.45, 2.75) is 63.2 Å². The normalized spacial score (nSPS) is 23.9. The molecule has 1 aromatic rings. The van der Waals surface area contributed by atoms with Gasteiger partial charge in [-0.15, -0.1) is 11.3 Å². The average Bonchev–Trinajstić information content (AvgIpc) is 3.08. The molecule has 0 unspecified atom stereocenters. The molecule has 2 N–H and O–H groups in total. The molecule has 0 saturated heterocycles. The maximum atomic E-state index is 5.91. The van der Waals surface area contributed by atoms with E-state index < -0.39 is 0 Å². The van der Waals surface area contributed by atoms with Crippen molar-refractivity contribution in [1.29, 1.82) is 0 Å². The Hall–Kier alpha value is -0.410. The van der Waals surface area contributed by atoms with Gasteiger partial charge in [0.15, 0.2) is 0 Å². The maximum Gasteiger partial charge on any atom is 0.101 e. The summed E-state index contributed by atoms with van der Waals surface area (Å²) in [6.07, 6.45) is 9.39. The molecule has 0 aromatic carbocycles. The summed E-state index contributed by atoms with van der Waals surface area (Å²) < 4.78 is 0. The Bertz CT molecular complexity index is 400. The minimum atomic E-state index is 0.280. The number of rotatable bonds is 3. The third-order valence-corrected chi connectivity index (χ3v) is 5.76. The number of aryl methyl sites for hydroxylation is 1. The Balaban J connectivity index is 1.85. The molecule has 17 heavy (non-hydrogen) atoms. The molecule has 94 valence electrons. The topological polar surface area (TPSA) is 38.9 Å². The first-order valence-corrected chi connectivity index (χ1v) is 7.75. The first-order valence-electron chi connectivity index (χ1n) is 6.93. The van der Waals surface area contributed by atoms with Crippen LogP contribution in [0.3, 0.4) is 0 Å². The number of aromatic nitrogens is 1. The molecule has 0 radical (unpaired) electrons. The van der Waals surface area contributed by atoms with Crippen LogP contribution in [0, 0.1) is 6.92 Å². The van der Waals surface area contributed by atoms with Crippen molar-refractivity contribution >= 4 is 11.3 Å². The molecule has 1 heterocycles. The van der Waals surface area contributed by atoms with Crippen LogP contribution in [0.4, 0.5) is 0 Å². The fraction of sp³-hybridized carbons (Fsp3) is 0.786. The van der Waals surface area contributed by atoms with Crippen molar-refractivity contribution in [3.63, 3.8) is 0 Å². The molecule has 3 rings (SSSR count). The third-order valence-electron chi connectivity index (χ3n) is 4.52. The van der Waals surface area contributed by atoms with Crippen LogP contribution in [0.1, 0.15) is 66.4 Å². The number of nitrogens with zero attached hydrogens (tertiary/aromatic N) is 1. The summed E-state index contributed by atoms with van der Waals surface area (Å²) >= 11 is 1.91. The lowest BCUT2D eigenvalue weighted by molar-refractivity contribution is 0.435. The van der Waals surface area contributed by atoms with Crippen LogP contribution in [0.15, 0.2) is 0 Å². The van der Waals surface area contributed by atoms with E-state index in [1.54, 1.807) is 0 Å². The van der Waals surface area contributed by atoms with Crippen molar-refractivity contribution < 1.29 is 0 Å². The molecular formula is C14H22N2S. The van der Waals surface area contributed by atoms with E-state index in [1.165, 1.54) is 60.5 Å². The Morgan fingerprint density at radius 2 is 2.00 bits per heavy atom. The van der Waals surface area contributed by atoms with Gasteiger partial charge in [-0.1, -0.05) is 19.3 Å². The van der Waals surface area contributed by atoms with Crippen LogP contribution in [0.5, 0.6) is 0 Å². The van der Waals surface area contributed by atoms with Gasteiger partial charge < -0.3 is 5.73 Å². The second kappa shape index (κ2) is 4.36. The highest BCUT2D eigenvalue weighted by atomic mass is 32.1. The standard InChI is InChI=1S/C14H22N2S/c1-10-12(11-5-3-2-4-6-11)16-13(17-10)14(9-15)7-8-14/h11H,2-9,15H2,1H3. The van der Waals surface area contributed by atoms with Crippen molar-refractivity contribution in [1.82, 2.24) is 4.98 Å². The lowest BCUT2D eigenvalue weighted by Crippen LogP contribution is -2.19. The van der Waals surface area contributed by atoms with E-state index in [2.05, 4.69) is 6.92 Å². The lowest BCUT2D eigenvalue weighted by Gasteiger charge is -2.20. The van der Waals surface area contributed by atoms with Crippen LogP contribution < -0.4 is 5.73 Å². The van der Waals surface area contributed by atoms with Crippen LogP contribution in [0.2, 0.25) is 0 Å². The monoisotopic (exact) mass is 250 g/mol. The van der Waals surface area contributed by atoms with E-state index in [1.807, 2.05) is 11.3 Å². The zero-order valence-electron chi connectivity index (χ0n) is 10.7. The first kappa shape index (κ1) is 11.7. The van der Waals surface area contributed by atoms with Crippen LogP contribution in [0.25, 0.3) is 0 Å². The summed E-state index contributed by atoms with van der Waals surface area (Å²) in [6.45, 7) is 3.03. The highest BCUT2D eigenvalue weighted by molar-refractivity contribution is 7.11. The van der Waals surface area contributed by atoms with Gasteiger partial charge in [0.2, 0.25) is 0 Å². The second-order valence-corrected chi connectivity index (χ2v) is 6.98. The molecule has 0 atom stereocenters. The molecule has 2 aliphatic carbocycles. The molecule has 0 amide bonds. The fourth-order valence-corrected chi connectivity index (χ4v) is 4.30. The quantitative estimate of drug-likeness (QED) is 0.892. The SMILES string of the molecule is Cc1sc(C2(CN)CC2)nc1C1CCCCC1. The Morgan fingerprint density at radius 3 is 2.59 bits per heavy atom. The smallest absolute Gasteiger partial charge is 0.101 e. The van der Waals surface area contributed by atoms with Gasteiger partial charge in [-0.2, -0.15) is 0 Å². The summed E-state index contributed by atoms with van der Waals surface area (Å²) in [7, 11) is 0. The Labute approximate surface area is 108 Å². The first-order chi connectivity index (χ1) is 8.25. The minimum absolute atomic E-state index is 0.280. The van der Waals surface area contributed by atoms with E-state index in [-0.39, 0.29) is 5.41 Å². The minimum Gasteiger partial charge on any atom is -0.329 e. The van der Waals surface area contributed by atoms with E-state index in [0.29, 0.717) is 0 Å². The summed E-state index contributed by atoms with van der Waals surface area (Å²) in [5.74, 6) is 0.738. The molecule has 0 bridgehead atoms. The van der Waals surface area contributed by atoms with Gasteiger partial charge >= 0.3 is 0 Å². The van der Waals surface area contributed by atoms with Gasteiger partial charge in [0.05, 0.1) is 5.69 Å². The predicted molar refractivity (Wildman–Crippen MR) is 72.6 cm³/mol. The molecule has 2 saturated carbocycles. The van der Waals surface area contributed by atoms with Gasteiger partial charge in [0.1, 0.15) is 5.01 Å². The van der Waals surface area contributed by atoms with E-state index >= 15 is 0 Å². The van der Waals surface area contributed by atoms with Gasteiger partial charge in [-0.25, -0.2) is 4.98 Å². The average molecular weight is 250 g/mol. The van der Waals surface area contributed by atoms with Crippen molar-refractivity contribution in [3.8, 4) is 0 Å². The molecule has 0 spiro atoms. The van der Waals surface area contributed by atoms with Crippen molar-refractivity contribution in [2.24, 2.45) is 5.73 Å². The van der Waals surface area contributed by atoms with E-state index in [0.717, 1.165) is 12.5 Å². The largest absolute Gasteiger partial charge is 0.329 e. The van der Waals surface area contributed by atoms with Gasteiger partial charge in [0.25, 0.3) is 0 Å². The third kappa shape index (κ3) is 2.04. The lowest BCUT2D eigenvalue weighted by atomic mass is 9.86. The van der Waals surface area contributed by atoms with Gasteiger partial charge in [0, 0.05) is 22.8 Å². The number of thiazole rings is 1. The number of hydrogen-bond acceptors (Lipinski definition) is 3. The van der Waals surface area contributed by atoms with E-state index in [4.69, 9.17) is 10.7 Å². The van der Waals surface area contributed by atoms with Gasteiger partial charge in [-0.3, -0.25) is 0 Å². The summed E-state index contributed by atoms with van der Waals surface area (Å²) in [5, 5.41) is 1.33. The summed E-state index contributed by atoms with van der Waals surface area (Å²) in [5.41, 5.74) is 7.59. The summed E-state index contributed by atoms with van der Waals surface area (Å²) in [4.78, 5) is 6.43. The zero-order valence-corrected chi connectivity index (χ0v) is 11.5. The molecular weight excluding hydrogens is 228 g/mol. The van der Waals surface area contributed by atoms with Crippen LogP contribution in [-0.2, 0) is 5.41 Å². The molecule has 2 nitrogen and oxygen atoms in total. The molecule has 0 aliphatic heterocycles. The van der Waals surface area contributed by atoms with Gasteiger partial charge in [-0.05, 0) is 32.6 Å². The highest BCUT2D eigenvalue weighted by Crippen LogP contribution is 2.50. The van der Waals surface area contributed by atoms with E-state index in [9.17, 15) is 0 Å². The second-order valence-electron chi connectivity index (χ2n) is 5.78. The maximum absolute atomic E-state index is 5.91. The molecule has 2 fully saturated rings.